The third kappa shape index (κ3) is 5.82. The van der Waals surface area contributed by atoms with Crippen molar-refractivity contribution in [3.05, 3.63) is 76.4 Å². The van der Waals surface area contributed by atoms with E-state index >= 15 is 0 Å². The van der Waals surface area contributed by atoms with Crippen LogP contribution in [-0.2, 0) is 41.8 Å². The van der Waals surface area contributed by atoms with Crippen LogP contribution in [-0.4, -0.2) is 74.9 Å². The number of rotatable bonds is 8. The lowest BCUT2D eigenvalue weighted by Crippen LogP contribution is -2.43. The molecule has 1 aromatic heterocycles. The summed E-state index contributed by atoms with van der Waals surface area (Å²) in [6.07, 6.45) is 12.5. The van der Waals surface area contributed by atoms with Gasteiger partial charge >= 0.3 is 0 Å². The van der Waals surface area contributed by atoms with Crippen LogP contribution in [0.1, 0.15) is 71.0 Å². The number of carbonyl (C=O) groups excluding carboxylic acids is 1. The number of terminal acetylenes is 1. The summed E-state index contributed by atoms with van der Waals surface area (Å²) in [4.78, 5) is 18.6. The molecule has 0 radical (unpaired) electrons. The Morgan fingerprint density at radius 1 is 1.21 bits per heavy atom. The molecular weight excluding hydrogens is 531 g/mol. The zero-order valence-corrected chi connectivity index (χ0v) is 26.4. The van der Waals surface area contributed by atoms with Crippen molar-refractivity contribution in [3.8, 4) is 12.3 Å². The largest absolute Gasteiger partial charge is 0.377 e. The Morgan fingerprint density at radius 3 is 2.72 bits per heavy atom. The number of aromatic nitrogens is 3. The second kappa shape index (κ2) is 11.7. The van der Waals surface area contributed by atoms with Crippen LogP contribution in [0.5, 0.6) is 0 Å². The van der Waals surface area contributed by atoms with Crippen LogP contribution in [0, 0.1) is 18.3 Å². The Bertz CT molecular complexity index is 1550. The molecule has 7 nitrogen and oxygen atoms in total. The van der Waals surface area contributed by atoms with E-state index in [1.54, 1.807) is 6.33 Å². The van der Waals surface area contributed by atoms with E-state index in [9.17, 15) is 4.79 Å². The summed E-state index contributed by atoms with van der Waals surface area (Å²) in [5.41, 5.74) is 6.52. The van der Waals surface area contributed by atoms with Crippen LogP contribution in [0.4, 0.5) is 5.69 Å². The standard InChI is InChI=1S/C33H42B3N5O2/c1-4-22-15-32(16-22,17-30-38-37-21-39(30)3)24-8-6-9-25(14-24)41-20-28-27(31(41)42)12-23(13-29(28)33(34,35)36)18-40-10-7-11-43-26(5-2)19-40/h1,6,8-9,12-14,21-22,26H,5,7,10-11,15-20,34-36H2,2-3H3. The van der Waals surface area contributed by atoms with Gasteiger partial charge in [0.15, 0.2) is 0 Å². The van der Waals surface area contributed by atoms with E-state index in [4.69, 9.17) is 11.2 Å². The van der Waals surface area contributed by atoms with Crippen molar-refractivity contribution >= 4 is 35.1 Å². The average Bonchev–Trinajstić information content (AvgIpc) is 3.43. The molecule has 2 aliphatic heterocycles. The van der Waals surface area contributed by atoms with Crippen LogP contribution in [0.25, 0.3) is 0 Å². The van der Waals surface area contributed by atoms with Crippen LogP contribution < -0.4 is 4.90 Å². The Hall–Kier alpha value is -3.28. The maximum absolute atomic E-state index is 14.2. The van der Waals surface area contributed by atoms with Gasteiger partial charge in [0.1, 0.15) is 12.2 Å². The Morgan fingerprint density at radius 2 is 2.02 bits per heavy atom. The zero-order valence-electron chi connectivity index (χ0n) is 26.4. The fourth-order valence-corrected chi connectivity index (χ4v) is 7.31. The molecule has 1 amide bonds. The van der Waals surface area contributed by atoms with Crippen molar-refractivity contribution in [1.82, 2.24) is 19.7 Å². The molecule has 1 aliphatic carbocycles. The minimum absolute atomic E-state index is 0.0809. The minimum Gasteiger partial charge on any atom is -0.377 e. The van der Waals surface area contributed by atoms with E-state index in [-0.39, 0.29) is 28.5 Å². The number of aryl methyl sites for hydroxylation is 1. The minimum atomic E-state index is -0.111. The second-order valence-corrected chi connectivity index (χ2v) is 13.9. The maximum atomic E-state index is 14.2. The number of benzene rings is 2. The third-order valence-corrected chi connectivity index (χ3v) is 9.79. The highest BCUT2D eigenvalue weighted by Gasteiger charge is 2.46. The first-order chi connectivity index (χ1) is 20.6. The lowest BCUT2D eigenvalue weighted by Gasteiger charge is -2.46. The summed E-state index contributed by atoms with van der Waals surface area (Å²) in [7, 11) is 8.74. The molecule has 0 N–H and O–H groups in total. The summed E-state index contributed by atoms with van der Waals surface area (Å²) in [5, 5.41) is 8.41. The lowest BCUT2D eigenvalue weighted by atomic mass is 9.39. The molecule has 2 fully saturated rings. The fourth-order valence-electron chi connectivity index (χ4n) is 7.31. The van der Waals surface area contributed by atoms with Crippen LogP contribution in [0.15, 0.2) is 42.7 Å². The highest BCUT2D eigenvalue weighted by molar-refractivity contribution is 6.59. The summed E-state index contributed by atoms with van der Waals surface area (Å²) in [6.45, 7) is 6.38. The number of carbonyl (C=O) groups is 1. The lowest BCUT2D eigenvalue weighted by molar-refractivity contribution is 0.0510. The third-order valence-electron chi connectivity index (χ3n) is 9.79. The van der Waals surface area contributed by atoms with Crippen molar-refractivity contribution in [1.29, 1.82) is 0 Å². The first kappa shape index (κ1) is 29.8. The van der Waals surface area contributed by atoms with Gasteiger partial charge in [0, 0.05) is 62.3 Å². The molecule has 1 saturated carbocycles. The number of anilines is 1. The van der Waals surface area contributed by atoms with Gasteiger partial charge in [-0.05, 0) is 60.6 Å². The van der Waals surface area contributed by atoms with Gasteiger partial charge in [-0.2, -0.15) is 0 Å². The molecule has 3 aromatic rings. The number of hydrogen-bond acceptors (Lipinski definition) is 5. The second-order valence-electron chi connectivity index (χ2n) is 13.9. The molecule has 220 valence electrons. The zero-order chi connectivity index (χ0) is 30.4. The highest BCUT2D eigenvalue weighted by atomic mass is 16.5. The summed E-state index contributed by atoms with van der Waals surface area (Å²) < 4.78 is 8.01. The molecule has 3 heterocycles. The number of amides is 1. The van der Waals surface area contributed by atoms with Gasteiger partial charge in [-0.3, -0.25) is 9.69 Å². The van der Waals surface area contributed by atoms with Gasteiger partial charge in [0.25, 0.3) is 5.91 Å². The van der Waals surface area contributed by atoms with Crippen molar-refractivity contribution in [2.75, 3.05) is 24.6 Å². The number of fused-ring (bicyclic) bond motifs is 1. The quantitative estimate of drug-likeness (QED) is 0.302. The molecule has 6 rings (SSSR count). The van der Waals surface area contributed by atoms with E-state index in [0.29, 0.717) is 6.54 Å². The molecule has 2 aromatic carbocycles. The monoisotopic (exact) mass is 573 g/mol. The first-order valence-corrected chi connectivity index (χ1v) is 15.8. The summed E-state index contributed by atoms with van der Waals surface area (Å²) >= 11 is 0. The van der Waals surface area contributed by atoms with Gasteiger partial charge in [-0.25, -0.2) is 0 Å². The molecule has 3 aliphatic rings. The van der Waals surface area contributed by atoms with E-state index < -0.39 is 0 Å². The van der Waals surface area contributed by atoms with Crippen LogP contribution >= 0.6 is 0 Å². The maximum Gasteiger partial charge on any atom is 0.258 e. The molecule has 10 heteroatoms. The van der Waals surface area contributed by atoms with Gasteiger partial charge in [-0.1, -0.05) is 35.8 Å². The topological polar surface area (TPSA) is 63.5 Å². The van der Waals surface area contributed by atoms with Crippen LogP contribution in [0.3, 0.4) is 0 Å². The summed E-state index contributed by atoms with van der Waals surface area (Å²) in [6, 6.07) is 13.1. The SMILES string of the molecule is BC(B)(B)c1cc(CN2CCCOC(CC)C2)cc2c1CN(c1cccc(C3(Cc4nncn4C)CC(C#C)C3)c1)C2=O. The van der Waals surface area contributed by atoms with Crippen LogP contribution in [0.2, 0.25) is 0 Å². The molecule has 0 spiro atoms. The van der Waals surface area contributed by atoms with Crippen molar-refractivity contribution in [2.45, 2.75) is 68.7 Å². The molecule has 1 saturated heterocycles. The Kier molecular flexibility index (Phi) is 8.08. The van der Waals surface area contributed by atoms with E-state index in [1.165, 1.54) is 16.7 Å². The van der Waals surface area contributed by atoms with Gasteiger partial charge in [0.05, 0.1) is 36.2 Å². The van der Waals surface area contributed by atoms with Gasteiger partial charge in [-0.15, -0.1) is 22.5 Å². The molecule has 43 heavy (non-hydrogen) atoms. The predicted molar refractivity (Wildman–Crippen MR) is 179 cm³/mol. The highest BCUT2D eigenvalue weighted by Crippen LogP contribution is 2.50. The van der Waals surface area contributed by atoms with Gasteiger partial charge < -0.3 is 14.2 Å². The molecule has 1 unspecified atom stereocenters. The molecule has 0 bridgehead atoms. The normalized spacial score (nSPS) is 24.3. The molecular formula is C33H42B3N5O2. The van der Waals surface area contributed by atoms with E-state index in [0.717, 1.165) is 81.0 Å². The first-order valence-electron chi connectivity index (χ1n) is 15.8. The van der Waals surface area contributed by atoms with Gasteiger partial charge in [0.2, 0.25) is 0 Å². The summed E-state index contributed by atoms with van der Waals surface area (Å²) in [5.74, 6) is 4.25. The Balaban J connectivity index is 1.31. The average molecular weight is 573 g/mol. The van der Waals surface area contributed by atoms with Crippen molar-refractivity contribution in [3.63, 3.8) is 0 Å². The fraction of sp³-hybridized carbons (Fsp3) is 0.485. The number of ether oxygens (including phenoxy) is 1. The molecule has 1 atom stereocenters. The Labute approximate surface area is 259 Å². The van der Waals surface area contributed by atoms with Crippen molar-refractivity contribution in [2.24, 2.45) is 13.0 Å². The smallest absolute Gasteiger partial charge is 0.258 e. The van der Waals surface area contributed by atoms with E-state index in [2.05, 4.69) is 87.9 Å². The van der Waals surface area contributed by atoms with Crippen molar-refractivity contribution < 1.29 is 9.53 Å². The number of nitrogens with zero attached hydrogens (tertiary/aromatic N) is 5. The van der Waals surface area contributed by atoms with E-state index in [1.807, 2.05) is 16.5 Å². The predicted octanol–water partition coefficient (Wildman–Crippen LogP) is 1.51. The number of hydrogen-bond donors (Lipinski definition) is 0.